The molecule has 0 aromatic heterocycles. The van der Waals surface area contributed by atoms with Crippen LogP contribution in [-0.2, 0) is 4.79 Å². The summed E-state index contributed by atoms with van der Waals surface area (Å²) in [5, 5.41) is 3.81. The normalized spacial score (nSPS) is 24.1. The first-order valence-corrected chi connectivity index (χ1v) is 6.49. The first-order chi connectivity index (χ1) is 8.06. The van der Waals surface area contributed by atoms with Crippen molar-refractivity contribution in [2.75, 3.05) is 0 Å². The lowest BCUT2D eigenvalue weighted by Gasteiger charge is -2.21. The molecule has 2 atom stereocenters. The summed E-state index contributed by atoms with van der Waals surface area (Å²) in [4.78, 5) is 11.6. The molecule has 1 aliphatic heterocycles. The van der Waals surface area contributed by atoms with Gasteiger partial charge in [-0.25, -0.2) is 0 Å². The van der Waals surface area contributed by atoms with Gasteiger partial charge in [-0.2, -0.15) is 0 Å². The summed E-state index contributed by atoms with van der Waals surface area (Å²) in [6, 6.07) is 8.10. The molecule has 0 saturated carbocycles. The molecule has 1 amide bonds. The van der Waals surface area contributed by atoms with E-state index >= 15 is 0 Å². The van der Waals surface area contributed by atoms with Gasteiger partial charge in [-0.3, -0.25) is 4.79 Å². The molecule has 0 spiro atoms. The average Bonchev–Trinajstić information content (AvgIpc) is 2.58. The van der Waals surface area contributed by atoms with Gasteiger partial charge in [-0.1, -0.05) is 37.6 Å². The van der Waals surface area contributed by atoms with Crippen molar-refractivity contribution >= 4 is 17.5 Å². The molecule has 1 fully saturated rings. The van der Waals surface area contributed by atoms with Crippen LogP contribution >= 0.6 is 11.6 Å². The van der Waals surface area contributed by atoms with Crippen molar-refractivity contribution in [3.63, 3.8) is 0 Å². The van der Waals surface area contributed by atoms with Crippen LogP contribution in [0, 0.1) is 5.92 Å². The maximum atomic E-state index is 11.6. The second kappa shape index (κ2) is 5.09. The predicted molar refractivity (Wildman–Crippen MR) is 70.2 cm³/mol. The van der Waals surface area contributed by atoms with Crippen molar-refractivity contribution in [3.05, 3.63) is 34.9 Å². The van der Waals surface area contributed by atoms with Crippen LogP contribution in [0.5, 0.6) is 0 Å². The topological polar surface area (TPSA) is 29.1 Å². The zero-order chi connectivity index (χ0) is 12.4. The second-order valence-corrected chi connectivity index (χ2v) is 5.61. The molecular weight excluding hydrogens is 234 g/mol. The summed E-state index contributed by atoms with van der Waals surface area (Å²) < 4.78 is 0. The number of amides is 1. The molecule has 2 nitrogen and oxygen atoms in total. The molecule has 1 aromatic rings. The van der Waals surface area contributed by atoms with E-state index in [2.05, 4.69) is 25.2 Å². The van der Waals surface area contributed by atoms with Crippen molar-refractivity contribution in [2.24, 2.45) is 5.92 Å². The van der Waals surface area contributed by atoms with Gasteiger partial charge in [0.25, 0.3) is 0 Å². The molecule has 17 heavy (non-hydrogen) atoms. The van der Waals surface area contributed by atoms with E-state index in [1.807, 2.05) is 18.2 Å². The maximum absolute atomic E-state index is 11.6. The Morgan fingerprint density at radius 2 is 2.24 bits per heavy atom. The molecule has 1 aromatic carbocycles. The van der Waals surface area contributed by atoms with Gasteiger partial charge >= 0.3 is 0 Å². The third kappa shape index (κ3) is 3.01. The van der Waals surface area contributed by atoms with Gasteiger partial charge in [0.2, 0.25) is 5.91 Å². The minimum absolute atomic E-state index is 0.153. The number of benzene rings is 1. The molecule has 0 radical (unpaired) electrons. The Morgan fingerprint density at radius 1 is 1.47 bits per heavy atom. The van der Waals surface area contributed by atoms with Crippen LogP contribution in [0.4, 0.5) is 0 Å². The molecule has 1 N–H and O–H groups in total. The minimum atomic E-state index is 0.153. The molecule has 1 heterocycles. The van der Waals surface area contributed by atoms with Crippen molar-refractivity contribution in [3.8, 4) is 0 Å². The van der Waals surface area contributed by atoms with Gasteiger partial charge in [0, 0.05) is 23.4 Å². The van der Waals surface area contributed by atoms with E-state index in [0.717, 1.165) is 11.4 Å². The quantitative estimate of drug-likeness (QED) is 0.877. The number of halogens is 1. The molecule has 1 aliphatic rings. The zero-order valence-corrected chi connectivity index (χ0v) is 11.0. The van der Waals surface area contributed by atoms with E-state index in [9.17, 15) is 4.79 Å². The lowest BCUT2D eigenvalue weighted by Crippen LogP contribution is -2.29. The number of rotatable bonds is 3. The second-order valence-electron chi connectivity index (χ2n) is 5.17. The van der Waals surface area contributed by atoms with Crippen molar-refractivity contribution in [2.45, 2.75) is 38.6 Å². The Morgan fingerprint density at radius 3 is 2.88 bits per heavy atom. The van der Waals surface area contributed by atoms with Crippen molar-refractivity contribution in [1.29, 1.82) is 0 Å². The monoisotopic (exact) mass is 251 g/mol. The molecule has 0 bridgehead atoms. The Hall–Kier alpha value is -1.02. The van der Waals surface area contributed by atoms with Crippen LogP contribution in [0.15, 0.2) is 24.3 Å². The minimum Gasteiger partial charge on any atom is -0.353 e. The maximum Gasteiger partial charge on any atom is 0.220 e. The molecular formula is C14H18ClNO. The Bertz CT molecular complexity index is 416. The molecule has 3 heteroatoms. The van der Waals surface area contributed by atoms with Gasteiger partial charge in [0.05, 0.1) is 0 Å². The van der Waals surface area contributed by atoms with Crippen LogP contribution in [0.2, 0.25) is 5.02 Å². The molecule has 0 aliphatic carbocycles. The summed E-state index contributed by atoms with van der Waals surface area (Å²) in [7, 11) is 0. The summed E-state index contributed by atoms with van der Waals surface area (Å²) in [6.07, 6.45) is 1.60. The highest BCUT2D eigenvalue weighted by Crippen LogP contribution is 2.32. The molecule has 1 saturated heterocycles. The highest BCUT2D eigenvalue weighted by atomic mass is 35.5. The Balaban J connectivity index is 2.20. The number of nitrogens with one attached hydrogen (secondary N) is 1. The third-order valence-electron chi connectivity index (χ3n) is 3.24. The highest BCUT2D eigenvalue weighted by Gasteiger charge is 2.33. The number of hydrogen-bond donors (Lipinski definition) is 1. The molecule has 2 rings (SSSR count). The van der Waals surface area contributed by atoms with Crippen LogP contribution < -0.4 is 5.32 Å². The summed E-state index contributed by atoms with van der Waals surface area (Å²) in [6.45, 7) is 4.36. The van der Waals surface area contributed by atoms with Gasteiger partial charge in [-0.05, 0) is 30.0 Å². The van der Waals surface area contributed by atoms with Crippen LogP contribution in [0.25, 0.3) is 0 Å². The zero-order valence-electron chi connectivity index (χ0n) is 10.2. The number of hydrogen-bond acceptors (Lipinski definition) is 1. The van der Waals surface area contributed by atoms with E-state index in [0.29, 0.717) is 12.3 Å². The Labute approximate surface area is 107 Å². The largest absolute Gasteiger partial charge is 0.353 e. The van der Waals surface area contributed by atoms with E-state index in [-0.39, 0.29) is 17.9 Å². The van der Waals surface area contributed by atoms with Gasteiger partial charge in [0.15, 0.2) is 0 Å². The first-order valence-electron chi connectivity index (χ1n) is 6.11. The predicted octanol–water partition coefficient (Wildman–Crippen LogP) is 3.36. The lowest BCUT2D eigenvalue weighted by molar-refractivity contribution is -0.119. The lowest BCUT2D eigenvalue weighted by atomic mass is 9.87. The standard InChI is InChI=1S/C14H18ClNO/c1-9(2)6-13-12(8-14(17)16-13)10-4-3-5-11(15)7-10/h3-5,7,9,12-13H,6,8H2,1-2H3,(H,16,17). The fraction of sp³-hybridized carbons (Fsp3) is 0.500. The highest BCUT2D eigenvalue weighted by molar-refractivity contribution is 6.30. The SMILES string of the molecule is CC(C)CC1NC(=O)CC1c1cccc(Cl)c1. The first kappa shape index (κ1) is 12.4. The summed E-state index contributed by atoms with van der Waals surface area (Å²) >= 11 is 6.01. The average molecular weight is 252 g/mol. The fourth-order valence-corrected chi connectivity index (χ4v) is 2.73. The fourth-order valence-electron chi connectivity index (χ4n) is 2.53. The van der Waals surface area contributed by atoms with E-state index in [4.69, 9.17) is 11.6 Å². The third-order valence-corrected chi connectivity index (χ3v) is 3.47. The Kier molecular flexibility index (Phi) is 3.72. The smallest absolute Gasteiger partial charge is 0.220 e. The summed E-state index contributed by atoms with van der Waals surface area (Å²) in [5.41, 5.74) is 1.17. The van der Waals surface area contributed by atoms with Gasteiger partial charge in [0.1, 0.15) is 0 Å². The van der Waals surface area contributed by atoms with Crippen molar-refractivity contribution in [1.82, 2.24) is 5.32 Å². The number of carbonyl (C=O) groups is 1. The molecule has 2 unspecified atom stereocenters. The van der Waals surface area contributed by atoms with Crippen LogP contribution in [-0.4, -0.2) is 11.9 Å². The van der Waals surface area contributed by atoms with E-state index < -0.39 is 0 Å². The molecule has 92 valence electrons. The van der Waals surface area contributed by atoms with Crippen molar-refractivity contribution < 1.29 is 4.79 Å². The van der Waals surface area contributed by atoms with E-state index in [1.54, 1.807) is 0 Å². The van der Waals surface area contributed by atoms with Crippen LogP contribution in [0.3, 0.4) is 0 Å². The van der Waals surface area contributed by atoms with E-state index in [1.165, 1.54) is 5.56 Å². The van der Waals surface area contributed by atoms with Gasteiger partial charge < -0.3 is 5.32 Å². The number of carbonyl (C=O) groups excluding carboxylic acids is 1. The summed E-state index contributed by atoms with van der Waals surface area (Å²) in [5.74, 6) is 1.00. The van der Waals surface area contributed by atoms with Crippen LogP contribution in [0.1, 0.15) is 38.2 Å². The van der Waals surface area contributed by atoms with Gasteiger partial charge in [-0.15, -0.1) is 0 Å².